The molecule has 27 heavy (non-hydrogen) atoms. The highest BCUT2D eigenvalue weighted by Crippen LogP contribution is 2.33. The van der Waals surface area contributed by atoms with Crippen molar-refractivity contribution in [2.75, 3.05) is 18.1 Å². The van der Waals surface area contributed by atoms with Gasteiger partial charge in [0.1, 0.15) is 23.8 Å². The van der Waals surface area contributed by atoms with E-state index < -0.39 is 0 Å². The Morgan fingerprint density at radius 1 is 1.22 bits per heavy atom. The van der Waals surface area contributed by atoms with Gasteiger partial charge in [-0.15, -0.1) is 10.2 Å². The Labute approximate surface area is 162 Å². The van der Waals surface area contributed by atoms with Crippen molar-refractivity contribution in [3.8, 4) is 0 Å². The number of fused-ring (bicyclic) bond motifs is 1. The SMILES string of the molecule is CSc1nnc(CCCNc2ncnc3ccc(F)cc23)n1C1CCCC1. The number of aromatic nitrogens is 5. The second-order valence-electron chi connectivity index (χ2n) is 6.83. The Balaban J connectivity index is 1.41. The molecule has 1 N–H and O–H groups in total. The van der Waals surface area contributed by atoms with Crippen molar-refractivity contribution in [2.45, 2.75) is 49.7 Å². The highest BCUT2D eigenvalue weighted by molar-refractivity contribution is 7.98. The molecule has 0 aliphatic heterocycles. The highest BCUT2D eigenvalue weighted by atomic mass is 32.2. The van der Waals surface area contributed by atoms with Gasteiger partial charge in [-0.05, 0) is 43.7 Å². The molecule has 1 saturated carbocycles. The summed E-state index contributed by atoms with van der Waals surface area (Å²) >= 11 is 1.66. The Morgan fingerprint density at radius 3 is 2.89 bits per heavy atom. The van der Waals surface area contributed by atoms with Gasteiger partial charge >= 0.3 is 0 Å². The molecule has 2 aromatic heterocycles. The molecule has 1 fully saturated rings. The second-order valence-corrected chi connectivity index (χ2v) is 7.60. The molecule has 0 spiro atoms. The first-order valence-corrected chi connectivity index (χ1v) is 10.6. The predicted octanol–water partition coefficient (Wildman–Crippen LogP) is 4.24. The quantitative estimate of drug-likeness (QED) is 0.484. The summed E-state index contributed by atoms with van der Waals surface area (Å²) in [5, 5.41) is 13.8. The first-order valence-electron chi connectivity index (χ1n) is 9.38. The smallest absolute Gasteiger partial charge is 0.191 e. The summed E-state index contributed by atoms with van der Waals surface area (Å²) in [5.74, 6) is 1.45. The molecule has 2 heterocycles. The zero-order chi connectivity index (χ0) is 18.6. The molecule has 0 radical (unpaired) electrons. The van der Waals surface area contributed by atoms with Crippen LogP contribution in [0, 0.1) is 5.82 Å². The number of benzene rings is 1. The van der Waals surface area contributed by atoms with Crippen LogP contribution in [0.2, 0.25) is 0 Å². The Kier molecular flexibility index (Phi) is 5.52. The molecule has 4 rings (SSSR count). The van der Waals surface area contributed by atoms with E-state index >= 15 is 0 Å². The third-order valence-corrected chi connectivity index (χ3v) is 5.72. The molecule has 6 nitrogen and oxygen atoms in total. The second kappa shape index (κ2) is 8.21. The first kappa shape index (κ1) is 18.2. The van der Waals surface area contributed by atoms with Crippen LogP contribution in [0.4, 0.5) is 10.2 Å². The summed E-state index contributed by atoms with van der Waals surface area (Å²) < 4.78 is 15.9. The molecule has 3 aromatic rings. The van der Waals surface area contributed by atoms with Crippen LogP contribution in [-0.4, -0.2) is 37.5 Å². The van der Waals surface area contributed by atoms with Crippen molar-refractivity contribution in [3.05, 3.63) is 36.2 Å². The lowest BCUT2D eigenvalue weighted by Crippen LogP contribution is -2.12. The van der Waals surface area contributed by atoms with Crippen molar-refractivity contribution in [1.29, 1.82) is 0 Å². The summed E-state index contributed by atoms with van der Waals surface area (Å²) in [6, 6.07) is 5.10. The van der Waals surface area contributed by atoms with E-state index in [1.807, 2.05) is 0 Å². The van der Waals surface area contributed by atoms with Gasteiger partial charge in [-0.25, -0.2) is 14.4 Å². The van der Waals surface area contributed by atoms with E-state index in [1.165, 1.54) is 44.1 Å². The van der Waals surface area contributed by atoms with E-state index in [4.69, 9.17) is 0 Å². The van der Waals surface area contributed by atoms with Crippen molar-refractivity contribution < 1.29 is 4.39 Å². The van der Waals surface area contributed by atoms with Gasteiger partial charge in [-0.3, -0.25) is 0 Å². The zero-order valence-corrected chi connectivity index (χ0v) is 16.2. The minimum absolute atomic E-state index is 0.283. The van der Waals surface area contributed by atoms with E-state index in [0.29, 0.717) is 17.2 Å². The number of thioether (sulfide) groups is 1. The zero-order valence-electron chi connectivity index (χ0n) is 15.4. The van der Waals surface area contributed by atoms with Crippen molar-refractivity contribution >= 4 is 28.5 Å². The number of hydrogen-bond acceptors (Lipinski definition) is 6. The van der Waals surface area contributed by atoms with Crippen LogP contribution < -0.4 is 5.32 Å². The maximum atomic E-state index is 13.6. The van der Waals surface area contributed by atoms with Gasteiger partial charge in [0.05, 0.1) is 5.52 Å². The average molecular weight is 387 g/mol. The van der Waals surface area contributed by atoms with E-state index in [2.05, 4.69) is 36.3 Å². The number of halogens is 1. The van der Waals surface area contributed by atoms with Crippen LogP contribution in [0.25, 0.3) is 10.9 Å². The molecule has 1 aliphatic rings. The van der Waals surface area contributed by atoms with E-state index in [-0.39, 0.29) is 5.82 Å². The lowest BCUT2D eigenvalue weighted by molar-refractivity contribution is 0.461. The van der Waals surface area contributed by atoms with Crippen LogP contribution >= 0.6 is 11.8 Å². The summed E-state index contributed by atoms with van der Waals surface area (Å²) in [5.41, 5.74) is 0.736. The number of nitrogens with one attached hydrogen (secondary N) is 1. The van der Waals surface area contributed by atoms with Crippen LogP contribution in [-0.2, 0) is 6.42 Å². The summed E-state index contributed by atoms with van der Waals surface area (Å²) in [4.78, 5) is 8.45. The fourth-order valence-corrected chi connectivity index (χ4v) is 4.34. The van der Waals surface area contributed by atoms with Crippen LogP contribution in [0.5, 0.6) is 0 Å². The molecule has 0 saturated heterocycles. The van der Waals surface area contributed by atoms with Crippen LogP contribution in [0.3, 0.4) is 0 Å². The molecule has 1 aliphatic carbocycles. The maximum Gasteiger partial charge on any atom is 0.191 e. The molecule has 0 unspecified atom stereocenters. The Morgan fingerprint density at radius 2 is 2.07 bits per heavy atom. The molecular weight excluding hydrogens is 363 g/mol. The highest BCUT2D eigenvalue weighted by Gasteiger charge is 2.23. The number of nitrogens with zero attached hydrogens (tertiary/aromatic N) is 5. The van der Waals surface area contributed by atoms with E-state index in [9.17, 15) is 4.39 Å². The number of hydrogen-bond donors (Lipinski definition) is 1. The molecule has 0 atom stereocenters. The molecule has 8 heteroatoms. The number of aryl methyl sites for hydroxylation is 1. The van der Waals surface area contributed by atoms with Crippen molar-refractivity contribution in [2.24, 2.45) is 0 Å². The van der Waals surface area contributed by atoms with Crippen molar-refractivity contribution in [3.63, 3.8) is 0 Å². The normalized spacial score (nSPS) is 14.9. The molecule has 142 valence electrons. The fraction of sp³-hybridized carbons (Fsp3) is 0.474. The first-order chi connectivity index (χ1) is 13.3. The van der Waals surface area contributed by atoms with Gasteiger partial charge in [-0.2, -0.15) is 0 Å². The Hall–Kier alpha value is -2.22. The molecule has 0 bridgehead atoms. The minimum Gasteiger partial charge on any atom is -0.369 e. The van der Waals surface area contributed by atoms with Crippen LogP contribution in [0.1, 0.15) is 44.0 Å². The number of anilines is 1. The molecular formula is C19H23FN6S. The Bertz CT molecular complexity index is 922. The lowest BCUT2D eigenvalue weighted by Gasteiger charge is -2.16. The van der Waals surface area contributed by atoms with Crippen molar-refractivity contribution in [1.82, 2.24) is 24.7 Å². The van der Waals surface area contributed by atoms with Gasteiger partial charge in [0.15, 0.2) is 5.16 Å². The topological polar surface area (TPSA) is 68.5 Å². The summed E-state index contributed by atoms with van der Waals surface area (Å²) in [7, 11) is 0. The lowest BCUT2D eigenvalue weighted by atomic mass is 10.2. The minimum atomic E-state index is -0.283. The van der Waals surface area contributed by atoms with Gasteiger partial charge in [-0.1, -0.05) is 24.6 Å². The third kappa shape index (κ3) is 3.90. The van der Waals surface area contributed by atoms with E-state index in [1.54, 1.807) is 17.8 Å². The van der Waals surface area contributed by atoms with Gasteiger partial charge < -0.3 is 9.88 Å². The predicted molar refractivity (Wildman–Crippen MR) is 106 cm³/mol. The summed E-state index contributed by atoms with van der Waals surface area (Å²) in [6.07, 6.45) is 10.3. The molecule has 0 amide bonds. The monoisotopic (exact) mass is 386 g/mol. The van der Waals surface area contributed by atoms with Gasteiger partial charge in [0.25, 0.3) is 0 Å². The van der Waals surface area contributed by atoms with Crippen LogP contribution in [0.15, 0.2) is 29.7 Å². The van der Waals surface area contributed by atoms with Gasteiger partial charge in [0.2, 0.25) is 0 Å². The standard InChI is InChI=1S/C19H23FN6S/c1-27-19-25-24-17(26(19)14-5-2-3-6-14)7-4-10-21-18-15-11-13(20)8-9-16(15)22-12-23-18/h8-9,11-12,14H,2-7,10H2,1H3,(H,21,22,23). The maximum absolute atomic E-state index is 13.6. The van der Waals surface area contributed by atoms with Gasteiger partial charge in [0, 0.05) is 24.4 Å². The largest absolute Gasteiger partial charge is 0.369 e. The van der Waals surface area contributed by atoms with E-state index in [0.717, 1.165) is 35.9 Å². The molecule has 1 aromatic carbocycles. The summed E-state index contributed by atoms with van der Waals surface area (Å²) in [6.45, 7) is 0.731. The number of rotatable bonds is 7. The fourth-order valence-electron chi connectivity index (χ4n) is 3.77. The third-order valence-electron chi connectivity index (χ3n) is 5.07. The average Bonchev–Trinajstić information content (AvgIpc) is 3.34.